The molecule has 0 spiro atoms. The van der Waals surface area contributed by atoms with Gasteiger partial charge < -0.3 is 4.74 Å². The first-order valence-corrected chi connectivity index (χ1v) is 10.5. The number of hydrogen-bond acceptors (Lipinski definition) is 3. The lowest BCUT2D eigenvalue weighted by atomic mass is 9.94. The summed E-state index contributed by atoms with van der Waals surface area (Å²) in [6, 6.07) is 11.2. The molecule has 1 saturated heterocycles. The van der Waals surface area contributed by atoms with Crippen molar-refractivity contribution in [1.82, 2.24) is 4.31 Å². The Labute approximate surface area is 150 Å². The number of nitrogens with zero attached hydrogens (tertiary/aromatic N) is 1. The SMILES string of the molecule is CCCOc1ccc2cc(S(=O)(=O)N3CC(C)CC(C)C3)ccc2c1. The van der Waals surface area contributed by atoms with Crippen molar-refractivity contribution in [3.05, 3.63) is 36.4 Å². The fraction of sp³-hybridized carbons (Fsp3) is 0.500. The van der Waals surface area contributed by atoms with Crippen molar-refractivity contribution in [1.29, 1.82) is 0 Å². The van der Waals surface area contributed by atoms with E-state index in [4.69, 9.17) is 4.74 Å². The third-order valence-corrected chi connectivity index (χ3v) is 6.56. The minimum absolute atomic E-state index is 0.378. The predicted octanol–water partition coefficient (Wildman–Crippen LogP) is 4.30. The van der Waals surface area contributed by atoms with E-state index >= 15 is 0 Å². The molecule has 2 atom stereocenters. The number of piperidine rings is 1. The van der Waals surface area contributed by atoms with E-state index in [2.05, 4.69) is 20.8 Å². The van der Waals surface area contributed by atoms with Gasteiger partial charge in [0.25, 0.3) is 0 Å². The molecule has 0 N–H and O–H groups in total. The van der Waals surface area contributed by atoms with Crippen molar-refractivity contribution in [2.45, 2.75) is 38.5 Å². The zero-order chi connectivity index (χ0) is 18.0. The smallest absolute Gasteiger partial charge is 0.243 e. The highest BCUT2D eigenvalue weighted by molar-refractivity contribution is 7.89. The molecule has 0 bridgehead atoms. The molecule has 1 heterocycles. The second kappa shape index (κ2) is 7.34. The molecule has 0 amide bonds. The minimum Gasteiger partial charge on any atom is -0.494 e. The summed E-state index contributed by atoms with van der Waals surface area (Å²) in [5.41, 5.74) is 0. The summed E-state index contributed by atoms with van der Waals surface area (Å²) in [7, 11) is -3.44. The second-order valence-corrected chi connectivity index (χ2v) is 9.23. The van der Waals surface area contributed by atoms with E-state index < -0.39 is 10.0 Å². The first kappa shape index (κ1) is 18.2. The molecule has 0 aliphatic carbocycles. The molecule has 2 unspecified atom stereocenters. The van der Waals surface area contributed by atoms with Gasteiger partial charge in [0.1, 0.15) is 5.75 Å². The van der Waals surface area contributed by atoms with Crippen LogP contribution in [0.15, 0.2) is 41.3 Å². The largest absolute Gasteiger partial charge is 0.494 e. The van der Waals surface area contributed by atoms with Gasteiger partial charge in [0.05, 0.1) is 11.5 Å². The summed E-state index contributed by atoms with van der Waals surface area (Å²) in [6.07, 6.45) is 2.05. The highest BCUT2D eigenvalue weighted by atomic mass is 32.2. The van der Waals surface area contributed by atoms with Gasteiger partial charge in [-0.05, 0) is 59.7 Å². The van der Waals surface area contributed by atoms with Crippen LogP contribution in [-0.4, -0.2) is 32.4 Å². The maximum atomic E-state index is 13.0. The van der Waals surface area contributed by atoms with Crippen molar-refractivity contribution in [2.24, 2.45) is 11.8 Å². The third kappa shape index (κ3) is 3.98. The molecule has 2 aromatic carbocycles. The molecular weight excluding hydrogens is 334 g/mol. The zero-order valence-electron chi connectivity index (χ0n) is 15.2. The molecule has 1 aliphatic heterocycles. The van der Waals surface area contributed by atoms with Gasteiger partial charge in [-0.3, -0.25) is 0 Å². The van der Waals surface area contributed by atoms with E-state index in [1.165, 1.54) is 0 Å². The summed E-state index contributed by atoms with van der Waals surface area (Å²) < 4.78 is 33.4. The van der Waals surface area contributed by atoms with E-state index in [9.17, 15) is 8.42 Å². The number of sulfonamides is 1. The standard InChI is InChI=1S/C20H27NO3S/c1-4-9-24-19-7-5-18-12-20(8-6-17(18)11-19)25(22,23)21-13-15(2)10-16(3)14-21/h5-8,11-12,15-16H,4,9-10,13-14H2,1-3H3. The van der Waals surface area contributed by atoms with Crippen LogP contribution >= 0.6 is 0 Å². The van der Waals surface area contributed by atoms with Gasteiger partial charge in [0.2, 0.25) is 10.0 Å². The van der Waals surface area contributed by atoms with E-state index in [0.29, 0.717) is 36.4 Å². The summed E-state index contributed by atoms with van der Waals surface area (Å²) in [6.45, 7) is 8.21. The first-order chi connectivity index (χ1) is 11.9. The van der Waals surface area contributed by atoms with Gasteiger partial charge >= 0.3 is 0 Å². The highest BCUT2D eigenvalue weighted by Crippen LogP contribution is 2.29. The molecule has 4 nitrogen and oxygen atoms in total. The van der Waals surface area contributed by atoms with Crippen molar-refractivity contribution in [3.8, 4) is 5.75 Å². The molecule has 0 aromatic heterocycles. The zero-order valence-corrected chi connectivity index (χ0v) is 16.1. The van der Waals surface area contributed by atoms with Crippen LogP contribution in [0.2, 0.25) is 0 Å². The van der Waals surface area contributed by atoms with Crippen LogP contribution < -0.4 is 4.74 Å². The molecule has 0 radical (unpaired) electrons. The van der Waals surface area contributed by atoms with Gasteiger partial charge in [-0.2, -0.15) is 4.31 Å². The lowest BCUT2D eigenvalue weighted by Crippen LogP contribution is -2.42. The van der Waals surface area contributed by atoms with Crippen LogP contribution in [0.5, 0.6) is 5.75 Å². The molecule has 25 heavy (non-hydrogen) atoms. The fourth-order valence-corrected chi connectivity index (χ4v) is 5.34. The molecular formula is C20H27NO3S. The minimum atomic E-state index is -3.44. The van der Waals surface area contributed by atoms with Crippen LogP contribution in [0.3, 0.4) is 0 Å². The Hall–Kier alpha value is -1.59. The van der Waals surface area contributed by atoms with Crippen LogP contribution in [0.25, 0.3) is 10.8 Å². The number of hydrogen-bond donors (Lipinski definition) is 0. The molecule has 1 fully saturated rings. The number of benzene rings is 2. The highest BCUT2D eigenvalue weighted by Gasteiger charge is 2.31. The van der Waals surface area contributed by atoms with Gasteiger partial charge in [-0.15, -0.1) is 0 Å². The summed E-state index contributed by atoms with van der Waals surface area (Å²) in [4.78, 5) is 0.378. The summed E-state index contributed by atoms with van der Waals surface area (Å²) >= 11 is 0. The monoisotopic (exact) mass is 361 g/mol. The molecule has 3 rings (SSSR count). The van der Waals surface area contributed by atoms with E-state index in [1.807, 2.05) is 24.3 Å². The van der Waals surface area contributed by atoms with Gasteiger partial charge in [-0.1, -0.05) is 32.9 Å². The number of fused-ring (bicyclic) bond motifs is 1. The average molecular weight is 362 g/mol. The quantitative estimate of drug-likeness (QED) is 0.798. The lowest BCUT2D eigenvalue weighted by Gasteiger charge is -2.34. The van der Waals surface area contributed by atoms with E-state index in [-0.39, 0.29) is 0 Å². The molecule has 2 aromatic rings. The van der Waals surface area contributed by atoms with Crippen molar-refractivity contribution < 1.29 is 13.2 Å². The van der Waals surface area contributed by atoms with Crippen LogP contribution in [-0.2, 0) is 10.0 Å². The summed E-state index contributed by atoms with van der Waals surface area (Å²) in [5.74, 6) is 1.62. The first-order valence-electron chi connectivity index (χ1n) is 9.07. The number of rotatable bonds is 5. The average Bonchev–Trinajstić information content (AvgIpc) is 2.58. The topological polar surface area (TPSA) is 46.6 Å². The third-order valence-electron chi connectivity index (χ3n) is 4.73. The van der Waals surface area contributed by atoms with Crippen LogP contribution in [0.4, 0.5) is 0 Å². The van der Waals surface area contributed by atoms with Crippen molar-refractivity contribution in [3.63, 3.8) is 0 Å². The Morgan fingerprint density at radius 3 is 2.36 bits per heavy atom. The van der Waals surface area contributed by atoms with Crippen LogP contribution in [0, 0.1) is 11.8 Å². The Balaban J connectivity index is 1.90. The maximum absolute atomic E-state index is 13.0. The predicted molar refractivity (Wildman–Crippen MR) is 101 cm³/mol. The van der Waals surface area contributed by atoms with Crippen molar-refractivity contribution in [2.75, 3.05) is 19.7 Å². The lowest BCUT2D eigenvalue weighted by molar-refractivity contribution is 0.222. The van der Waals surface area contributed by atoms with Crippen molar-refractivity contribution >= 4 is 20.8 Å². The number of ether oxygens (including phenoxy) is 1. The molecule has 5 heteroatoms. The van der Waals surface area contributed by atoms with Crippen LogP contribution in [0.1, 0.15) is 33.6 Å². The van der Waals surface area contributed by atoms with Gasteiger partial charge in [0.15, 0.2) is 0 Å². The molecule has 1 aliphatic rings. The molecule has 136 valence electrons. The summed E-state index contributed by atoms with van der Waals surface area (Å²) in [5, 5.41) is 1.91. The normalized spacial score (nSPS) is 22.2. The van der Waals surface area contributed by atoms with E-state index in [0.717, 1.165) is 29.4 Å². The Kier molecular flexibility index (Phi) is 5.35. The van der Waals surface area contributed by atoms with E-state index in [1.54, 1.807) is 16.4 Å². The maximum Gasteiger partial charge on any atom is 0.243 e. The van der Waals surface area contributed by atoms with Gasteiger partial charge in [0, 0.05) is 13.1 Å². The Morgan fingerprint density at radius 1 is 1.04 bits per heavy atom. The Morgan fingerprint density at radius 2 is 1.68 bits per heavy atom. The van der Waals surface area contributed by atoms with Gasteiger partial charge in [-0.25, -0.2) is 8.42 Å². The Bertz CT molecular complexity index is 837. The second-order valence-electron chi connectivity index (χ2n) is 7.29. The molecule has 0 saturated carbocycles. The fourth-order valence-electron chi connectivity index (χ4n) is 3.62.